The lowest BCUT2D eigenvalue weighted by Crippen LogP contribution is -2.66. The highest BCUT2D eigenvalue weighted by molar-refractivity contribution is 6.00. The van der Waals surface area contributed by atoms with Gasteiger partial charge in [0, 0.05) is 6.54 Å². The molecule has 4 rings (SSSR count). The Morgan fingerprint density at radius 3 is 2.65 bits per heavy atom. The molecule has 2 fully saturated rings. The molecule has 0 spiro atoms. The highest BCUT2D eigenvalue weighted by Crippen LogP contribution is 2.43. The number of urea groups is 1. The van der Waals surface area contributed by atoms with Crippen LogP contribution < -0.4 is 15.5 Å². The molecule has 2 saturated heterocycles. The summed E-state index contributed by atoms with van der Waals surface area (Å²) in [6, 6.07) is 0.713. The molecule has 4 heterocycles. The number of amides is 3. The van der Waals surface area contributed by atoms with Gasteiger partial charge in [-0.25, -0.2) is 14.2 Å². The number of fused-ring (bicyclic) bond motifs is 1. The van der Waals surface area contributed by atoms with Crippen molar-refractivity contribution in [1.82, 2.24) is 30.4 Å². The van der Waals surface area contributed by atoms with Gasteiger partial charge in [0.05, 0.1) is 30.4 Å². The van der Waals surface area contributed by atoms with Gasteiger partial charge in [-0.3, -0.25) is 10.1 Å². The average molecular weight is 373 g/mol. The third-order valence-corrected chi connectivity index (χ3v) is 4.36. The largest absolute Gasteiger partial charge is 0.426 e. The fourth-order valence-corrected chi connectivity index (χ4v) is 2.90. The number of carbonyl (C=O) groups is 2. The summed E-state index contributed by atoms with van der Waals surface area (Å²) in [6.45, 7) is -1.82. The zero-order chi connectivity index (χ0) is 18.7. The second kappa shape index (κ2) is 5.25. The Morgan fingerprint density at radius 2 is 2.00 bits per heavy atom. The molecule has 0 saturated carbocycles. The van der Waals surface area contributed by atoms with E-state index in [9.17, 15) is 27.2 Å². The van der Waals surface area contributed by atoms with E-state index in [1.165, 1.54) is 6.07 Å². The normalized spacial score (nSPS) is 22.8. The van der Waals surface area contributed by atoms with E-state index in [0.29, 0.717) is 0 Å². The fourth-order valence-electron chi connectivity index (χ4n) is 2.90. The number of anilines is 1. The number of imide groups is 1. The van der Waals surface area contributed by atoms with E-state index in [-0.39, 0.29) is 23.6 Å². The summed E-state index contributed by atoms with van der Waals surface area (Å²) in [4.78, 5) is 28.2. The highest BCUT2D eigenvalue weighted by Gasteiger charge is 2.63. The van der Waals surface area contributed by atoms with Crippen molar-refractivity contribution in [3.63, 3.8) is 0 Å². The van der Waals surface area contributed by atoms with Crippen molar-refractivity contribution in [3.8, 4) is 0 Å². The van der Waals surface area contributed by atoms with Crippen LogP contribution in [0.3, 0.4) is 0 Å². The molecule has 1 atom stereocenters. The lowest BCUT2D eigenvalue weighted by atomic mass is 9.94. The molecule has 2 N–H and O–H groups in total. The predicted molar refractivity (Wildman–Crippen MR) is 77.2 cm³/mol. The summed E-state index contributed by atoms with van der Waals surface area (Å²) in [5, 5.41) is 12.5. The Morgan fingerprint density at radius 1 is 1.27 bits per heavy atom. The van der Waals surface area contributed by atoms with Gasteiger partial charge in [0.1, 0.15) is 6.33 Å². The average Bonchev–Trinajstić information content (AvgIpc) is 2.98. The summed E-state index contributed by atoms with van der Waals surface area (Å²) in [6.07, 6.45) is -3.83. The molecule has 3 amide bonds. The number of nitrogens with one attached hydrogen (secondary N) is 2. The summed E-state index contributed by atoms with van der Waals surface area (Å²) in [5.41, 5.74) is -2.82. The van der Waals surface area contributed by atoms with Gasteiger partial charge in [0.15, 0.2) is 5.65 Å². The van der Waals surface area contributed by atoms with Gasteiger partial charge in [0.2, 0.25) is 11.6 Å². The Kier molecular flexibility index (Phi) is 3.33. The van der Waals surface area contributed by atoms with Gasteiger partial charge in [-0.15, -0.1) is 9.73 Å². The van der Waals surface area contributed by atoms with Crippen molar-refractivity contribution >= 4 is 23.3 Å². The summed E-state index contributed by atoms with van der Waals surface area (Å²) in [5.74, 6) is -1.47. The number of rotatable bonds is 2. The molecule has 13 heteroatoms. The molecular weight excluding hydrogens is 362 g/mol. The second-order valence-electron chi connectivity index (χ2n) is 6.10. The maximum Gasteiger partial charge on any atom is 0.426 e. The standard InChI is InChI=1S/C13H11F4N7O2/c14-12(13(15,16)17)3-23(4-12)8-1-7(22-24-9(8)19-5-20-24)6-2-18-11(26)21-10(6)25/h1,5-6H,2-4H2,(H2,18,21,25,26). The number of nitrogens with zero attached hydrogens (tertiary/aromatic N) is 5. The Hall–Kier alpha value is -2.99. The van der Waals surface area contributed by atoms with Crippen molar-refractivity contribution in [1.29, 1.82) is 0 Å². The number of hydrogen-bond donors (Lipinski definition) is 2. The third kappa shape index (κ3) is 2.42. The number of hydrogen-bond acceptors (Lipinski definition) is 6. The topological polar surface area (TPSA) is 105 Å². The van der Waals surface area contributed by atoms with E-state index in [2.05, 4.69) is 25.8 Å². The van der Waals surface area contributed by atoms with Gasteiger partial charge in [-0.2, -0.15) is 18.3 Å². The Balaban J connectivity index is 1.69. The fraction of sp³-hybridized carbons (Fsp3) is 0.462. The molecular formula is C13H11F4N7O2. The maximum atomic E-state index is 13.9. The number of aromatic nitrogens is 4. The molecule has 2 aliphatic rings. The molecule has 2 aromatic rings. The first kappa shape index (κ1) is 16.5. The van der Waals surface area contributed by atoms with Crippen LogP contribution in [0.2, 0.25) is 0 Å². The van der Waals surface area contributed by atoms with Crippen LogP contribution in [0.25, 0.3) is 5.65 Å². The van der Waals surface area contributed by atoms with Gasteiger partial charge in [-0.1, -0.05) is 0 Å². The summed E-state index contributed by atoms with van der Waals surface area (Å²) in [7, 11) is 0. The maximum absolute atomic E-state index is 13.9. The molecule has 2 aliphatic heterocycles. The minimum absolute atomic E-state index is 0.0348. The molecule has 9 nitrogen and oxygen atoms in total. The molecule has 1 unspecified atom stereocenters. The van der Waals surface area contributed by atoms with E-state index in [4.69, 9.17) is 0 Å². The zero-order valence-corrected chi connectivity index (χ0v) is 12.9. The first-order valence-electron chi connectivity index (χ1n) is 7.48. The van der Waals surface area contributed by atoms with Crippen molar-refractivity contribution in [2.24, 2.45) is 0 Å². The molecule has 0 radical (unpaired) electrons. The monoisotopic (exact) mass is 373 g/mol. The quantitative estimate of drug-likeness (QED) is 0.726. The molecule has 0 aromatic carbocycles. The van der Waals surface area contributed by atoms with Gasteiger partial charge in [-0.05, 0) is 6.07 Å². The smallest absolute Gasteiger partial charge is 0.361 e. The molecule has 2 aromatic heterocycles. The summed E-state index contributed by atoms with van der Waals surface area (Å²) < 4.78 is 53.2. The van der Waals surface area contributed by atoms with E-state index in [1.807, 2.05) is 0 Å². The number of carbonyl (C=O) groups excluding carboxylic acids is 2. The van der Waals surface area contributed by atoms with Crippen LogP contribution >= 0.6 is 0 Å². The van der Waals surface area contributed by atoms with Crippen LogP contribution in [-0.4, -0.2) is 63.2 Å². The van der Waals surface area contributed by atoms with Crippen molar-refractivity contribution < 1.29 is 27.2 Å². The highest BCUT2D eigenvalue weighted by atomic mass is 19.4. The Labute approximate surface area is 142 Å². The van der Waals surface area contributed by atoms with E-state index >= 15 is 0 Å². The second-order valence-corrected chi connectivity index (χ2v) is 6.10. The molecule has 0 aliphatic carbocycles. The first-order chi connectivity index (χ1) is 12.2. The van der Waals surface area contributed by atoms with Crippen LogP contribution in [0, 0.1) is 0 Å². The SMILES string of the molecule is O=C1NCC(c2cc(N3CC(F)(C(F)(F)F)C3)c3ncnn3n2)C(=O)N1. The molecule has 0 bridgehead atoms. The van der Waals surface area contributed by atoms with E-state index < -0.39 is 42.8 Å². The lowest BCUT2D eigenvalue weighted by Gasteiger charge is -2.46. The van der Waals surface area contributed by atoms with Gasteiger partial charge >= 0.3 is 12.2 Å². The van der Waals surface area contributed by atoms with Crippen molar-refractivity contribution in [2.45, 2.75) is 17.8 Å². The number of alkyl halides is 4. The summed E-state index contributed by atoms with van der Waals surface area (Å²) >= 11 is 0. The minimum Gasteiger partial charge on any atom is -0.361 e. The van der Waals surface area contributed by atoms with Crippen molar-refractivity contribution in [3.05, 3.63) is 18.1 Å². The van der Waals surface area contributed by atoms with Crippen LogP contribution in [0.1, 0.15) is 11.6 Å². The van der Waals surface area contributed by atoms with Gasteiger partial charge in [0.25, 0.3) is 0 Å². The van der Waals surface area contributed by atoms with Crippen molar-refractivity contribution in [2.75, 3.05) is 24.5 Å². The predicted octanol–water partition coefficient (Wildman–Crippen LogP) is 0.138. The van der Waals surface area contributed by atoms with Gasteiger partial charge < -0.3 is 10.2 Å². The minimum atomic E-state index is -4.98. The van der Waals surface area contributed by atoms with Crippen LogP contribution in [0.4, 0.5) is 28.0 Å². The first-order valence-corrected chi connectivity index (χ1v) is 7.48. The number of halogens is 4. The zero-order valence-electron chi connectivity index (χ0n) is 12.9. The van der Waals surface area contributed by atoms with Crippen LogP contribution in [0.5, 0.6) is 0 Å². The lowest BCUT2D eigenvalue weighted by molar-refractivity contribution is -0.237. The Bertz CT molecular complexity index is 906. The van der Waals surface area contributed by atoms with Crippen LogP contribution in [-0.2, 0) is 4.79 Å². The third-order valence-electron chi connectivity index (χ3n) is 4.36. The van der Waals surface area contributed by atoms with Crippen LogP contribution in [0.15, 0.2) is 12.4 Å². The van der Waals surface area contributed by atoms with E-state index in [1.54, 1.807) is 0 Å². The van der Waals surface area contributed by atoms with E-state index in [0.717, 1.165) is 15.9 Å². The molecule has 138 valence electrons. The molecule has 26 heavy (non-hydrogen) atoms.